The molecule has 1 aliphatic carbocycles. The second-order valence-electron chi connectivity index (χ2n) is 6.20. The van der Waals surface area contributed by atoms with Crippen molar-refractivity contribution in [1.82, 2.24) is 5.32 Å². The molecule has 1 aromatic carbocycles. The molecule has 1 aromatic rings. The Kier molecular flexibility index (Phi) is 4.43. The van der Waals surface area contributed by atoms with Crippen LogP contribution in [0.1, 0.15) is 39.0 Å². The molecule has 2 N–H and O–H groups in total. The minimum atomic E-state index is -0.416. The van der Waals surface area contributed by atoms with Gasteiger partial charge in [0.15, 0.2) is 0 Å². The number of amides is 3. The number of nitrogens with zero attached hydrogens (tertiary/aromatic N) is 1. The topological polar surface area (TPSA) is 78.5 Å². The lowest BCUT2D eigenvalue weighted by Crippen LogP contribution is -2.42. The zero-order valence-corrected chi connectivity index (χ0v) is 13.2. The quantitative estimate of drug-likeness (QED) is 0.831. The van der Waals surface area contributed by atoms with Gasteiger partial charge in [0, 0.05) is 18.7 Å². The van der Waals surface area contributed by atoms with Gasteiger partial charge in [0.05, 0.1) is 18.2 Å². The lowest BCUT2D eigenvalue weighted by Gasteiger charge is -2.18. The summed E-state index contributed by atoms with van der Waals surface area (Å²) in [7, 11) is 0. The van der Waals surface area contributed by atoms with Gasteiger partial charge in [-0.25, -0.2) is 4.90 Å². The van der Waals surface area contributed by atoms with E-state index in [1.54, 1.807) is 24.3 Å². The van der Waals surface area contributed by atoms with Crippen molar-refractivity contribution in [3.8, 4) is 0 Å². The van der Waals surface area contributed by atoms with Crippen molar-refractivity contribution in [2.45, 2.75) is 51.1 Å². The number of nitrogens with one attached hydrogen (secondary N) is 2. The van der Waals surface area contributed by atoms with Crippen molar-refractivity contribution >= 4 is 29.1 Å². The summed E-state index contributed by atoms with van der Waals surface area (Å²) in [5, 5.41) is 5.99. The van der Waals surface area contributed by atoms with Crippen molar-refractivity contribution in [1.29, 1.82) is 0 Å². The number of rotatable bonds is 4. The molecule has 0 unspecified atom stereocenters. The van der Waals surface area contributed by atoms with Crippen LogP contribution in [0, 0.1) is 0 Å². The molecule has 0 aromatic heterocycles. The van der Waals surface area contributed by atoms with Crippen molar-refractivity contribution in [3.63, 3.8) is 0 Å². The second-order valence-corrected chi connectivity index (χ2v) is 6.20. The van der Waals surface area contributed by atoms with Gasteiger partial charge in [0.1, 0.15) is 0 Å². The Bertz CT molecular complexity index is 620. The number of hydrogen-bond donors (Lipinski definition) is 2. The lowest BCUT2D eigenvalue weighted by molar-refractivity contribution is -0.121. The number of carbonyl (C=O) groups excluding carboxylic acids is 3. The van der Waals surface area contributed by atoms with Crippen LogP contribution in [0.15, 0.2) is 24.3 Å². The van der Waals surface area contributed by atoms with Gasteiger partial charge in [-0.2, -0.15) is 0 Å². The SMILES string of the molecule is CC(=O)Nc1ccc(N2C(=O)C[C@H](NC3CCCC3)C2=O)cc1. The first kappa shape index (κ1) is 15.7. The van der Waals surface area contributed by atoms with Crippen molar-refractivity contribution < 1.29 is 14.4 Å². The number of imide groups is 1. The first-order valence-corrected chi connectivity index (χ1v) is 8.05. The first-order valence-electron chi connectivity index (χ1n) is 8.05. The molecule has 1 heterocycles. The molecule has 2 fully saturated rings. The average Bonchev–Trinajstić information content (AvgIpc) is 3.09. The Morgan fingerprint density at radius 2 is 1.78 bits per heavy atom. The second kappa shape index (κ2) is 6.50. The smallest absolute Gasteiger partial charge is 0.251 e. The number of carbonyl (C=O) groups is 3. The normalized spacial score (nSPS) is 22.0. The first-order chi connectivity index (χ1) is 11.0. The van der Waals surface area contributed by atoms with Gasteiger partial charge in [0.2, 0.25) is 11.8 Å². The van der Waals surface area contributed by atoms with Crippen LogP contribution in [0.25, 0.3) is 0 Å². The summed E-state index contributed by atoms with van der Waals surface area (Å²) in [6, 6.07) is 6.67. The van der Waals surface area contributed by atoms with Gasteiger partial charge in [-0.15, -0.1) is 0 Å². The molecule has 0 radical (unpaired) electrons. The highest BCUT2D eigenvalue weighted by Crippen LogP contribution is 2.26. The molecule has 122 valence electrons. The third kappa shape index (κ3) is 3.42. The minimum absolute atomic E-state index is 0.160. The molecule has 3 rings (SSSR count). The van der Waals surface area contributed by atoms with Crippen LogP contribution in [0.2, 0.25) is 0 Å². The maximum atomic E-state index is 12.5. The highest BCUT2D eigenvalue weighted by Gasteiger charge is 2.40. The number of anilines is 2. The summed E-state index contributed by atoms with van der Waals surface area (Å²) in [4.78, 5) is 37.0. The zero-order chi connectivity index (χ0) is 16.4. The summed E-state index contributed by atoms with van der Waals surface area (Å²) in [6.07, 6.45) is 4.72. The van der Waals surface area contributed by atoms with Gasteiger partial charge >= 0.3 is 0 Å². The highest BCUT2D eigenvalue weighted by atomic mass is 16.2. The number of hydrogen-bond acceptors (Lipinski definition) is 4. The van der Waals surface area contributed by atoms with Crippen molar-refractivity contribution in [2.24, 2.45) is 0 Å². The molecule has 3 amide bonds. The van der Waals surface area contributed by atoms with Crippen LogP contribution in [-0.2, 0) is 14.4 Å². The fourth-order valence-electron chi connectivity index (χ4n) is 3.31. The number of benzene rings is 1. The van der Waals surface area contributed by atoms with Crippen molar-refractivity contribution in [2.75, 3.05) is 10.2 Å². The van der Waals surface area contributed by atoms with E-state index < -0.39 is 6.04 Å². The predicted molar refractivity (Wildman–Crippen MR) is 87.0 cm³/mol. The molecule has 1 atom stereocenters. The molecule has 0 bridgehead atoms. The third-order valence-corrected chi connectivity index (χ3v) is 4.38. The van der Waals surface area contributed by atoms with Gasteiger partial charge in [-0.3, -0.25) is 14.4 Å². The van der Waals surface area contributed by atoms with E-state index in [1.165, 1.54) is 24.7 Å². The summed E-state index contributed by atoms with van der Waals surface area (Å²) in [5.41, 5.74) is 1.19. The van der Waals surface area contributed by atoms with Crippen LogP contribution in [0.5, 0.6) is 0 Å². The average molecular weight is 315 g/mol. The molecular formula is C17H21N3O3. The summed E-state index contributed by atoms with van der Waals surface area (Å²) in [5.74, 6) is -0.529. The summed E-state index contributed by atoms with van der Waals surface area (Å²) < 4.78 is 0. The summed E-state index contributed by atoms with van der Waals surface area (Å²) >= 11 is 0. The largest absolute Gasteiger partial charge is 0.326 e. The van der Waals surface area contributed by atoms with Gasteiger partial charge in [-0.1, -0.05) is 12.8 Å². The molecule has 23 heavy (non-hydrogen) atoms. The Labute approximate surface area is 135 Å². The maximum absolute atomic E-state index is 12.5. The van der Waals surface area contributed by atoms with Crippen LogP contribution in [-0.4, -0.2) is 29.8 Å². The molecule has 6 nitrogen and oxygen atoms in total. The van der Waals surface area contributed by atoms with E-state index in [2.05, 4.69) is 10.6 Å². The molecule has 6 heteroatoms. The minimum Gasteiger partial charge on any atom is -0.326 e. The monoisotopic (exact) mass is 315 g/mol. The standard InChI is InChI=1S/C17H21N3O3/c1-11(21)18-13-6-8-14(9-7-13)20-16(22)10-15(17(20)23)19-12-4-2-3-5-12/h6-9,12,15,19H,2-5,10H2,1H3,(H,18,21)/t15-/m0/s1. The highest BCUT2D eigenvalue weighted by molar-refractivity contribution is 6.22. The third-order valence-electron chi connectivity index (χ3n) is 4.38. The molecule has 0 spiro atoms. The van der Waals surface area contributed by atoms with Crippen LogP contribution in [0.3, 0.4) is 0 Å². The Hall–Kier alpha value is -2.21. The van der Waals surface area contributed by atoms with Crippen molar-refractivity contribution in [3.05, 3.63) is 24.3 Å². The van der Waals surface area contributed by atoms with Gasteiger partial charge < -0.3 is 10.6 Å². The Balaban J connectivity index is 1.70. The Morgan fingerprint density at radius 1 is 1.13 bits per heavy atom. The van der Waals surface area contributed by atoms with E-state index in [9.17, 15) is 14.4 Å². The van der Waals surface area contributed by atoms with E-state index in [4.69, 9.17) is 0 Å². The molecule has 1 aliphatic heterocycles. The van der Waals surface area contributed by atoms with E-state index in [-0.39, 0.29) is 24.1 Å². The van der Waals surface area contributed by atoms with Crippen LogP contribution in [0.4, 0.5) is 11.4 Å². The zero-order valence-electron chi connectivity index (χ0n) is 13.2. The molecular weight excluding hydrogens is 294 g/mol. The lowest BCUT2D eigenvalue weighted by atomic mass is 10.2. The van der Waals surface area contributed by atoms with Crippen LogP contribution >= 0.6 is 0 Å². The molecule has 1 saturated heterocycles. The summed E-state index contributed by atoms with van der Waals surface area (Å²) in [6.45, 7) is 1.43. The Morgan fingerprint density at radius 3 is 2.39 bits per heavy atom. The maximum Gasteiger partial charge on any atom is 0.251 e. The van der Waals surface area contributed by atoms with E-state index in [0.717, 1.165) is 12.8 Å². The van der Waals surface area contributed by atoms with Crippen LogP contribution < -0.4 is 15.5 Å². The van der Waals surface area contributed by atoms with E-state index in [0.29, 0.717) is 17.4 Å². The fraction of sp³-hybridized carbons (Fsp3) is 0.471. The molecule has 2 aliphatic rings. The van der Waals surface area contributed by atoms with Gasteiger partial charge in [0.25, 0.3) is 5.91 Å². The van der Waals surface area contributed by atoms with E-state index in [1.807, 2.05) is 0 Å². The fourth-order valence-corrected chi connectivity index (χ4v) is 3.31. The predicted octanol–water partition coefficient (Wildman–Crippen LogP) is 1.81. The molecule has 1 saturated carbocycles. The van der Waals surface area contributed by atoms with Gasteiger partial charge in [-0.05, 0) is 37.1 Å². The van der Waals surface area contributed by atoms with E-state index >= 15 is 0 Å².